The van der Waals surface area contributed by atoms with Gasteiger partial charge in [-0.2, -0.15) is 0 Å². The summed E-state index contributed by atoms with van der Waals surface area (Å²) in [6.45, 7) is 1.97. The van der Waals surface area contributed by atoms with Crippen LogP contribution in [0.15, 0.2) is 94.4 Å². The van der Waals surface area contributed by atoms with Crippen LogP contribution in [0.25, 0.3) is 0 Å². The first-order chi connectivity index (χ1) is 14.0. The van der Waals surface area contributed by atoms with Crippen molar-refractivity contribution in [3.05, 3.63) is 100 Å². The maximum absolute atomic E-state index is 13.2. The monoisotopic (exact) mass is 420 g/mol. The molecule has 0 atom stereocenters. The molecular weight excluding hydrogens is 404 g/mol. The maximum atomic E-state index is 13.2. The average Bonchev–Trinajstić information content (AvgIpc) is 2.94. The van der Waals surface area contributed by atoms with Gasteiger partial charge in [0.2, 0.25) is 0 Å². The van der Waals surface area contributed by atoms with Crippen LogP contribution in [0, 0.1) is 6.92 Å². The number of amides is 2. The zero-order valence-electron chi connectivity index (χ0n) is 15.6. The van der Waals surface area contributed by atoms with Crippen molar-refractivity contribution in [2.45, 2.75) is 11.8 Å². The van der Waals surface area contributed by atoms with Crippen LogP contribution in [0.1, 0.15) is 5.56 Å². The summed E-state index contributed by atoms with van der Waals surface area (Å²) >= 11 is 7.24. The van der Waals surface area contributed by atoms with E-state index in [0.717, 1.165) is 16.1 Å². The molecule has 0 aromatic heterocycles. The normalized spacial score (nSPS) is 13.9. The fraction of sp³-hybridized carbons (Fsp3) is 0.0435. The first-order valence-corrected chi connectivity index (χ1v) is 10.2. The molecule has 0 radical (unpaired) electrons. The number of carbonyl (C=O) groups excluding carboxylic acids is 2. The average molecular weight is 421 g/mol. The number of imide groups is 1. The number of aryl methyl sites for hydroxylation is 1. The number of nitrogens with one attached hydrogen (secondary N) is 1. The number of hydrogen-bond donors (Lipinski definition) is 1. The Balaban J connectivity index is 1.74. The summed E-state index contributed by atoms with van der Waals surface area (Å²) in [5, 5.41) is 3.70. The first kappa shape index (κ1) is 19.3. The number of halogens is 1. The van der Waals surface area contributed by atoms with E-state index < -0.39 is 5.91 Å². The van der Waals surface area contributed by atoms with Gasteiger partial charge in [0.05, 0.1) is 5.69 Å². The van der Waals surface area contributed by atoms with Gasteiger partial charge in [-0.05, 0) is 61.0 Å². The Kier molecular flexibility index (Phi) is 5.43. The number of carbonyl (C=O) groups is 2. The van der Waals surface area contributed by atoms with E-state index >= 15 is 0 Å². The Bertz CT molecular complexity index is 1110. The molecule has 0 aliphatic carbocycles. The molecule has 1 heterocycles. The Labute approximate surface area is 178 Å². The highest BCUT2D eigenvalue weighted by Gasteiger charge is 2.40. The van der Waals surface area contributed by atoms with E-state index in [9.17, 15) is 9.59 Å². The van der Waals surface area contributed by atoms with Gasteiger partial charge in [-0.1, -0.05) is 53.7 Å². The predicted octanol–water partition coefficient (Wildman–Crippen LogP) is 5.64. The van der Waals surface area contributed by atoms with Gasteiger partial charge < -0.3 is 5.32 Å². The highest BCUT2D eigenvalue weighted by atomic mass is 35.5. The van der Waals surface area contributed by atoms with E-state index in [-0.39, 0.29) is 11.6 Å². The summed E-state index contributed by atoms with van der Waals surface area (Å²) in [6.07, 6.45) is 0. The molecule has 0 saturated heterocycles. The second kappa shape index (κ2) is 8.15. The number of benzene rings is 3. The number of thioether (sulfide) groups is 1. The van der Waals surface area contributed by atoms with E-state index in [1.165, 1.54) is 16.7 Å². The molecule has 3 aromatic rings. The van der Waals surface area contributed by atoms with Crippen molar-refractivity contribution < 1.29 is 9.59 Å². The lowest BCUT2D eigenvalue weighted by molar-refractivity contribution is -0.120. The molecule has 144 valence electrons. The minimum absolute atomic E-state index is 0.268. The molecule has 0 unspecified atom stereocenters. The molecule has 0 spiro atoms. The van der Waals surface area contributed by atoms with Crippen LogP contribution >= 0.6 is 23.4 Å². The summed E-state index contributed by atoms with van der Waals surface area (Å²) in [4.78, 5) is 28.9. The number of nitrogens with zero attached hydrogens (tertiary/aromatic N) is 1. The molecule has 4 nitrogen and oxygen atoms in total. The van der Waals surface area contributed by atoms with Crippen LogP contribution in [-0.2, 0) is 9.59 Å². The smallest absolute Gasteiger partial charge is 0.283 e. The fourth-order valence-corrected chi connectivity index (χ4v) is 4.09. The largest absolute Gasteiger partial charge is 0.350 e. The van der Waals surface area contributed by atoms with Crippen molar-refractivity contribution >= 4 is 46.6 Å². The van der Waals surface area contributed by atoms with Gasteiger partial charge in [0.25, 0.3) is 11.8 Å². The fourth-order valence-electron chi connectivity index (χ4n) is 3.01. The molecule has 0 fully saturated rings. The minimum Gasteiger partial charge on any atom is -0.350 e. The van der Waals surface area contributed by atoms with Gasteiger partial charge in [0, 0.05) is 15.6 Å². The van der Waals surface area contributed by atoms with Crippen molar-refractivity contribution in [1.29, 1.82) is 0 Å². The third kappa shape index (κ3) is 4.06. The van der Waals surface area contributed by atoms with Crippen LogP contribution in [0.3, 0.4) is 0 Å². The van der Waals surface area contributed by atoms with E-state index in [2.05, 4.69) is 5.32 Å². The zero-order valence-corrected chi connectivity index (χ0v) is 17.1. The van der Waals surface area contributed by atoms with Crippen LogP contribution in [0.2, 0.25) is 5.02 Å². The van der Waals surface area contributed by atoms with Gasteiger partial charge in [-0.15, -0.1) is 0 Å². The van der Waals surface area contributed by atoms with Gasteiger partial charge >= 0.3 is 0 Å². The quantitative estimate of drug-likeness (QED) is 0.543. The van der Waals surface area contributed by atoms with Crippen molar-refractivity contribution in [2.24, 2.45) is 0 Å². The van der Waals surface area contributed by atoms with Gasteiger partial charge in [0.15, 0.2) is 0 Å². The standard InChI is InChI=1S/C23H17ClN2O2S/c1-15-6-5-7-17(14-15)25-20-21(29-19-8-3-2-4-9-19)23(28)26(22(20)27)18-12-10-16(24)11-13-18/h2-14,25H,1H3. The zero-order chi connectivity index (χ0) is 20.4. The lowest BCUT2D eigenvalue weighted by Gasteiger charge is -2.15. The second-order valence-corrected chi connectivity index (χ2v) is 8.06. The molecule has 1 aliphatic rings. The van der Waals surface area contributed by atoms with Crippen LogP contribution in [-0.4, -0.2) is 11.8 Å². The van der Waals surface area contributed by atoms with Crippen molar-refractivity contribution in [3.8, 4) is 0 Å². The summed E-state index contributed by atoms with van der Waals surface area (Å²) in [6, 6.07) is 23.8. The lowest BCUT2D eigenvalue weighted by Crippen LogP contribution is -2.32. The van der Waals surface area contributed by atoms with Crippen molar-refractivity contribution in [1.82, 2.24) is 0 Å². The second-order valence-electron chi connectivity index (χ2n) is 6.54. The predicted molar refractivity (Wildman–Crippen MR) is 118 cm³/mol. The molecular formula is C23H17ClN2O2S. The Morgan fingerprint density at radius 2 is 1.59 bits per heavy atom. The van der Waals surface area contributed by atoms with Crippen LogP contribution in [0.5, 0.6) is 0 Å². The van der Waals surface area contributed by atoms with Gasteiger partial charge in [-0.3, -0.25) is 9.59 Å². The Hall–Kier alpha value is -3.02. The highest BCUT2D eigenvalue weighted by Crippen LogP contribution is 2.38. The molecule has 3 aromatic carbocycles. The molecule has 1 aliphatic heterocycles. The molecule has 0 saturated carbocycles. The van der Waals surface area contributed by atoms with Gasteiger partial charge in [-0.25, -0.2) is 4.90 Å². The highest BCUT2D eigenvalue weighted by molar-refractivity contribution is 8.04. The third-order valence-corrected chi connectivity index (χ3v) is 5.72. The van der Waals surface area contributed by atoms with Crippen molar-refractivity contribution in [2.75, 3.05) is 10.2 Å². The van der Waals surface area contributed by atoms with E-state index in [1.54, 1.807) is 24.3 Å². The Morgan fingerprint density at radius 1 is 0.862 bits per heavy atom. The molecule has 2 amide bonds. The third-order valence-electron chi connectivity index (χ3n) is 4.38. The lowest BCUT2D eigenvalue weighted by atomic mass is 10.2. The summed E-state index contributed by atoms with van der Waals surface area (Å²) < 4.78 is 0. The molecule has 4 rings (SSSR count). The minimum atomic E-state index is -0.391. The topological polar surface area (TPSA) is 49.4 Å². The number of rotatable bonds is 5. The number of hydrogen-bond acceptors (Lipinski definition) is 4. The molecule has 29 heavy (non-hydrogen) atoms. The number of anilines is 2. The molecule has 6 heteroatoms. The molecule has 0 bridgehead atoms. The summed E-state index contributed by atoms with van der Waals surface area (Å²) in [5.41, 5.74) is 2.56. The summed E-state index contributed by atoms with van der Waals surface area (Å²) in [7, 11) is 0. The SMILES string of the molecule is Cc1cccc(NC2=C(Sc3ccccc3)C(=O)N(c3ccc(Cl)cc3)C2=O)c1. The van der Waals surface area contributed by atoms with E-state index in [0.29, 0.717) is 15.6 Å². The van der Waals surface area contributed by atoms with Gasteiger partial charge in [0.1, 0.15) is 10.6 Å². The maximum Gasteiger partial charge on any atom is 0.283 e. The van der Waals surface area contributed by atoms with Crippen LogP contribution in [0.4, 0.5) is 11.4 Å². The summed E-state index contributed by atoms with van der Waals surface area (Å²) in [5.74, 6) is -0.751. The van der Waals surface area contributed by atoms with E-state index in [4.69, 9.17) is 11.6 Å². The first-order valence-electron chi connectivity index (χ1n) is 8.98. The Morgan fingerprint density at radius 3 is 2.28 bits per heavy atom. The molecule has 1 N–H and O–H groups in total. The van der Waals surface area contributed by atoms with Crippen LogP contribution < -0.4 is 10.2 Å². The van der Waals surface area contributed by atoms with E-state index in [1.807, 2.05) is 61.5 Å². The van der Waals surface area contributed by atoms with Crippen molar-refractivity contribution in [3.63, 3.8) is 0 Å².